The molecule has 1 aliphatic carbocycles. The van der Waals surface area contributed by atoms with E-state index in [0.717, 1.165) is 30.4 Å². The van der Waals surface area contributed by atoms with Crippen LogP contribution in [0.3, 0.4) is 0 Å². The van der Waals surface area contributed by atoms with E-state index in [-0.39, 0.29) is 60.8 Å². The number of nitrogens with zero attached hydrogens (tertiary/aromatic N) is 1. The Balaban J connectivity index is 1.75. The van der Waals surface area contributed by atoms with Crippen molar-refractivity contribution < 1.29 is 29.3 Å². The first kappa shape index (κ1) is 19.8. The fraction of sp³-hybridized carbons (Fsp3) is 0.545. The molecule has 0 radical (unpaired) electrons. The normalized spacial score (nSPS) is 24.3. The van der Waals surface area contributed by atoms with Gasteiger partial charge in [0.25, 0.3) is 0 Å². The Hall–Kier alpha value is -2.54. The molecule has 1 aromatic carbocycles. The molecule has 4 rings (SSSR count). The van der Waals surface area contributed by atoms with Crippen LogP contribution in [0.1, 0.15) is 50.3 Å². The van der Waals surface area contributed by atoms with E-state index < -0.39 is 5.97 Å². The average Bonchev–Trinajstić information content (AvgIpc) is 3.44. The van der Waals surface area contributed by atoms with Crippen LogP contribution in [0, 0.1) is 5.41 Å². The Kier molecular flexibility index (Phi) is 5.02. The van der Waals surface area contributed by atoms with Crippen LogP contribution >= 0.6 is 0 Å². The zero-order valence-corrected chi connectivity index (χ0v) is 16.8. The molecule has 0 spiro atoms. The minimum absolute atomic E-state index is 0.0131. The van der Waals surface area contributed by atoms with Crippen LogP contribution in [-0.2, 0) is 20.7 Å². The third kappa shape index (κ3) is 3.48. The SMILES string of the molecule is CCOC(=O)C1=CN2C(CC1=O)c1cc(O)c(OCCO)cc1CC2C1(C)CC1. The zero-order valence-electron chi connectivity index (χ0n) is 16.8. The molecule has 2 heterocycles. The van der Waals surface area contributed by atoms with E-state index in [0.29, 0.717) is 5.75 Å². The van der Waals surface area contributed by atoms with Gasteiger partial charge in [0, 0.05) is 18.7 Å². The second-order valence-electron chi connectivity index (χ2n) is 8.32. The molecule has 2 aliphatic heterocycles. The number of rotatable bonds is 6. The zero-order chi connectivity index (χ0) is 20.8. The molecule has 0 aromatic heterocycles. The van der Waals surface area contributed by atoms with Gasteiger partial charge in [-0.2, -0.15) is 0 Å². The van der Waals surface area contributed by atoms with Gasteiger partial charge in [0.15, 0.2) is 17.3 Å². The summed E-state index contributed by atoms with van der Waals surface area (Å²) in [6, 6.07) is 3.39. The third-order valence-electron chi connectivity index (χ3n) is 6.36. The van der Waals surface area contributed by atoms with Crippen molar-refractivity contribution in [3.05, 3.63) is 35.0 Å². The number of Topliss-reactive ketones (excluding diaryl/α,β-unsaturated/α-hetero) is 1. The summed E-state index contributed by atoms with van der Waals surface area (Å²) in [5.41, 5.74) is 2.15. The molecular weight excluding hydrogens is 374 g/mol. The summed E-state index contributed by atoms with van der Waals surface area (Å²) in [7, 11) is 0. The van der Waals surface area contributed by atoms with Gasteiger partial charge in [-0.15, -0.1) is 0 Å². The smallest absolute Gasteiger partial charge is 0.343 e. The average molecular weight is 401 g/mol. The molecule has 0 amide bonds. The highest BCUT2D eigenvalue weighted by Crippen LogP contribution is 2.56. The summed E-state index contributed by atoms with van der Waals surface area (Å²) in [5, 5.41) is 19.4. The number of phenols is 1. The summed E-state index contributed by atoms with van der Waals surface area (Å²) in [6.07, 6.45) is 4.77. The van der Waals surface area contributed by atoms with Gasteiger partial charge >= 0.3 is 5.97 Å². The molecule has 2 N–H and O–H groups in total. The largest absolute Gasteiger partial charge is 0.504 e. The van der Waals surface area contributed by atoms with Gasteiger partial charge in [-0.1, -0.05) is 6.92 Å². The molecule has 1 saturated carbocycles. The summed E-state index contributed by atoms with van der Waals surface area (Å²) < 4.78 is 10.5. The highest BCUT2D eigenvalue weighted by Gasteiger charge is 2.52. The third-order valence-corrected chi connectivity index (χ3v) is 6.36. The maximum atomic E-state index is 12.7. The molecule has 0 bridgehead atoms. The summed E-state index contributed by atoms with van der Waals surface area (Å²) >= 11 is 0. The molecule has 7 heteroatoms. The molecule has 2 unspecified atom stereocenters. The molecule has 1 aromatic rings. The summed E-state index contributed by atoms with van der Waals surface area (Å²) in [6.45, 7) is 4.15. The first-order valence-corrected chi connectivity index (χ1v) is 10.2. The van der Waals surface area contributed by atoms with Gasteiger partial charge in [0.2, 0.25) is 0 Å². The second kappa shape index (κ2) is 7.37. The van der Waals surface area contributed by atoms with Crippen LogP contribution in [0.25, 0.3) is 0 Å². The Morgan fingerprint density at radius 3 is 2.72 bits per heavy atom. The highest BCUT2D eigenvalue weighted by molar-refractivity contribution is 6.17. The van der Waals surface area contributed by atoms with Gasteiger partial charge in [-0.05, 0) is 54.9 Å². The van der Waals surface area contributed by atoms with Crippen LogP contribution in [-0.4, -0.2) is 52.7 Å². The van der Waals surface area contributed by atoms with Crippen LogP contribution in [0.5, 0.6) is 11.5 Å². The molecule has 2 atom stereocenters. The number of fused-ring (bicyclic) bond motifs is 3. The number of phenolic OH excluding ortho intramolecular Hbond substituents is 1. The number of ketones is 1. The molecule has 156 valence electrons. The minimum Gasteiger partial charge on any atom is -0.504 e. The van der Waals surface area contributed by atoms with Crippen molar-refractivity contribution in [2.75, 3.05) is 19.8 Å². The van der Waals surface area contributed by atoms with Crippen molar-refractivity contribution in [1.29, 1.82) is 0 Å². The molecule has 1 fully saturated rings. The Bertz CT molecular complexity index is 872. The van der Waals surface area contributed by atoms with E-state index in [4.69, 9.17) is 14.6 Å². The van der Waals surface area contributed by atoms with Crippen molar-refractivity contribution in [1.82, 2.24) is 4.90 Å². The van der Waals surface area contributed by atoms with Crippen molar-refractivity contribution in [2.24, 2.45) is 5.41 Å². The first-order chi connectivity index (χ1) is 13.9. The standard InChI is InChI=1S/C22H27NO6/c1-3-28-21(27)15-12-23-16(11-17(15)25)14-10-18(26)19(29-7-6-24)8-13(14)9-20(23)22(2)4-5-22/h8,10,12,16,20,24,26H,3-7,9,11H2,1-2H3. The van der Waals surface area contributed by atoms with Crippen molar-refractivity contribution >= 4 is 11.8 Å². The van der Waals surface area contributed by atoms with Crippen LogP contribution in [0.2, 0.25) is 0 Å². The number of aliphatic hydroxyl groups is 1. The number of aromatic hydroxyl groups is 1. The van der Waals surface area contributed by atoms with E-state index in [2.05, 4.69) is 11.8 Å². The Morgan fingerprint density at radius 2 is 2.07 bits per heavy atom. The lowest BCUT2D eigenvalue weighted by Crippen LogP contribution is -2.48. The van der Waals surface area contributed by atoms with Gasteiger partial charge in [-0.25, -0.2) is 4.79 Å². The van der Waals surface area contributed by atoms with Crippen LogP contribution < -0.4 is 4.74 Å². The highest BCUT2D eigenvalue weighted by atomic mass is 16.5. The summed E-state index contributed by atoms with van der Waals surface area (Å²) in [5.74, 6) is -0.480. The molecule has 29 heavy (non-hydrogen) atoms. The maximum absolute atomic E-state index is 12.7. The fourth-order valence-corrected chi connectivity index (χ4v) is 4.49. The lowest BCUT2D eigenvalue weighted by atomic mass is 9.78. The fourth-order valence-electron chi connectivity index (χ4n) is 4.49. The maximum Gasteiger partial charge on any atom is 0.343 e. The number of carbonyl (C=O) groups excluding carboxylic acids is 2. The van der Waals surface area contributed by atoms with Crippen LogP contribution in [0.15, 0.2) is 23.9 Å². The number of carbonyl (C=O) groups is 2. The second-order valence-corrected chi connectivity index (χ2v) is 8.32. The van der Waals surface area contributed by atoms with Gasteiger partial charge in [-0.3, -0.25) is 4.79 Å². The van der Waals surface area contributed by atoms with E-state index in [1.807, 2.05) is 6.07 Å². The predicted octanol–water partition coefficient (Wildman–Crippen LogP) is 2.25. The van der Waals surface area contributed by atoms with Crippen molar-refractivity contribution in [3.63, 3.8) is 0 Å². The van der Waals surface area contributed by atoms with Crippen molar-refractivity contribution in [3.8, 4) is 11.5 Å². The molecule has 7 nitrogen and oxygen atoms in total. The summed E-state index contributed by atoms with van der Waals surface area (Å²) in [4.78, 5) is 27.2. The number of hydrogen-bond acceptors (Lipinski definition) is 7. The van der Waals surface area contributed by atoms with Gasteiger partial charge in [0.05, 0.1) is 19.3 Å². The van der Waals surface area contributed by atoms with E-state index in [1.54, 1.807) is 19.2 Å². The monoisotopic (exact) mass is 401 g/mol. The predicted molar refractivity (Wildman–Crippen MR) is 104 cm³/mol. The minimum atomic E-state index is -0.572. The number of aliphatic hydroxyl groups excluding tert-OH is 1. The first-order valence-electron chi connectivity index (χ1n) is 10.2. The van der Waals surface area contributed by atoms with E-state index in [9.17, 15) is 14.7 Å². The van der Waals surface area contributed by atoms with E-state index in [1.165, 1.54) is 0 Å². The molecule has 3 aliphatic rings. The lowest BCUT2D eigenvalue weighted by molar-refractivity contribution is -0.140. The van der Waals surface area contributed by atoms with Crippen molar-refractivity contribution in [2.45, 2.75) is 51.6 Å². The van der Waals surface area contributed by atoms with Gasteiger partial charge < -0.3 is 24.6 Å². The molecular formula is C22H27NO6. The molecule has 0 saturated heterocycles. The number of esters is 1. The number of benzene rings is 1. The topological polar surface area (TPSA) is 96.3 Å². The van der Waals surface area contributed by atoms with E-state index >= 15 is 0 Å². The van der Waals surface area contributed by atoms with Crippen LogP contribution in [0.4, 0.5) is 0 Å². The quantitative estimate of drug-likeness (QED) is 0.557. The Labute approximate surface area is 169 Å². The number of hydrogen-bond donors (Lipinski definition) is 2. The lowest BCUT2D eigenvalue weighted by Gasteiger charge is -2.47. The Morgan fingerprint density at radius 1 is 1.31 bits per heavy atom. The van der Waals surface area contributed by atoms with Gasteiger partial charge in [0.1, 0.15) is 12.2 Å². The number of ether oxygens (including phenoxy) is 2.